The van der Waals surface area contributed by atoms with Crippen LogP contribution in [-0.2, 0) is 21.2 Å². The van der Waals surface area contributed by atoms with Gasteiger partial charge in [0.2, 0.25) is 10.0 Å². The Morgan fingerprint density at radius 1 is 1.25 bits per heavy atom. The van der Waals surface area contributed by atoms with E-state index in [4.69, 9.17) is 16.3 Å². The number of fused-ring (bicyclic) bond motifs is 1. The summed E-state index contributed by atoms with van der Waals surface area (Å²) in [5.41, 5.74) is 1.15. The first-order valence-electron chi connectivity index (χ1n) is 10.3. The van der Waals surface area contributed by atoms with Crippen molar-refractivity contribution in [2.45, 2.75) is 43.7 Å². The van der Waals surface area contributed by atoms with Gasteiger partial charge in [-0.25, -0.2) is 8.42 Å². The molecule has 2 aromatic carbocycles. The van der Waals surface area contributed by atoms with Gasteiger partial charge in [0.05, 0.1) is 34.7 Å². The molecule has 0 aliphatic carbocycles. The van der Waals surface area contributed by atoms with Crippen LogP contribution >= 0.6 is 11.6 Å². The second-order valence-electron chi connectivity index (χ2n) is 8.07. The lowest BCUT2D eigenvalue weighted by Crippen LogP contribution is -2.29. The Hall–Kier alpha value is -2.62. The van der Waals surface area contributed by atoms with Gasteiger partial charge in [-0.3, -0.25) is 9.48 Å². The molecule has 170 valence electrons. The molecule has 1 fully saturated rings. The van der Waals surface area contributed by atoms with Crippen LogP contribution < -0.4 is 4.74 Å². The van der Waals surface area contributed by atoms with Crippen LogP contribution in [0.1, 0.15) is 32.0 Å². The van der Waals surface area contributed by atoms with Gasteiger partial charge in [0.25, 0.3) is 0 Å². The highest BCUT2D eigenvalue weighted by molar-refractivity contribution is 7.89. The molecular formula is C22H24ClN3O5S. The molecule has 10 heteroatoms. The number of halogens is 1. The molecule has 0 amide bonds. The van der Waals surface area contributed by atoms with Gasteiger partial charge in [0.15, 0.2) is 0 Å². The fraction of sp³-hybridized carbons (Fsp3) is 0.364. The van der Waals surface area contributed by atoms with Crippen LogP contribution in [0.2, 0.25) is 5.02 Å². The van der Waals surface area contributed by atoms with Gasteiger partial charge in [-0.05, 0) is 62.7 Å². The maximum absolute atomic E-state index is 13.2. The first-order chi connectivity index (χ1) is 15.1. The minimum atomic E-state index is -3.68. The van der Waals surface area contributed by atoms with Gasteiger partial charge in [0, 0.05) is 23.5 Å². The van der Waals surface area contributed by atoms with E-state index in [0.717, 1.165) is 5.52 Å². The lowest BCUT2D eigenvalue weighted by Gasteiger charge is -2.18. The number of carbonyl (C=O) groups is 1. The van der Waals surface area contributed by atoms with Crippen molar-refractivity contribution in [2.24, 2.45) is 0 Å². The molecule has 3 aromatic rings. The van der Waals surface area contributed by atoms with Crippen LogP contribution in [0.3, 0.4) is 0 Å². The second-order valence-corrected chi connectivity index (χ2v) is 10.4. The zero-order valence-corrected chi connectivity index (χ0v) is 19.3. The van der Waals surface area contributed by atoms with E-state index < -0.39 is 16.0 Å². The minimum absolute atomic E-state index is 0.00147. The van der Waals surface area contributed by atoms with E-state index in [9.17, 15) is 18.3 Å². The standard InChI is InChI=1S/C22H24ClN3O5S/c1-14(2)31-17-4-6-18(7-5-17)32(29,30)25-10-9-16(13-25)26-21-8-3-15(23)11-19(21)20(24-26)12-22(27)28/h3-8,11,14,16H,9-10,12-13H2,1-2H3,(H,27,28)/t16-/m0/s1. The number of benzene rings is 2. The van der Waals surface area contributed by atoms with Crippen LogP contribution in [0.5, 0.6) is 5.75 Å². The van der Waals surface area contributed by atoms with Crippen molar-refractivity contribution in [3.63, 3.8) is 0 Å². The van der Waals surface area contributed by atoms with Crippen molar-refractivity contribution in [3.8, 4) is 5.75 Å². The van der Waals surface area contributed by atoms with Gasteiger partial charge >= 0.3 is 5.97 Å². The zero-order chi connectivity index (χ0) is 23.0. The summed E-state index contributed by atoms with van der Waals surface area (Å²) < 4.78 is 35.1. The van der Waals surface area contributed by atoms with Crippen molar-refractivity contribution in [3.05, 3.63) is 53.2 Å². The van der Waals surface area contributed by atoms with Crippen molar-refractivity contribution in [1.29, 1.82) is 0 Å². The van der Waals surface area contributed by atoms with Gasteiger partial charge in [-0.1, -0.05) is 11.6 Å². The number of sulfonamides is 1. The van der Waals surface area contributed by atoms with E-state index in [2.05, 4.69) is 5.10 Å². The summed E-state index contributed by atoms with van der Waals surface area (Å²) in [6.07, 6.45) is 0.338. The van der Waals surface area contributed by atoms with Gasteiger partial charge in [-0.15, -0.1) is 0 Å². The average Bonchev–Trinajstić information content (AvgIpc) is 3.33. The smallest absolute Gasteiger partial charge is 0.309 e. The Morgan fingerprint density at radius 2 is 1.97 bits per heavy atom. The molecule has 1 aliphatic heterocycles. The summed E-state index contributed by atoms with van der Waals surface area (Å²) in [5, 5.41) is 14.9. The Morgan fingerprint density at radius 3 is 2.62 bits per heavy atom. The molecule has 1 aliphatic rings. The molecule has 0 saturated carbocycles. The van der Waals surface area contributed by atoms with E-state index >= 15 is 0 Å². The molecule has 0 unspecified atom stereocenters. The average molecular weight is 478 g/mol. The maximum Gasteiger partial charge on any atom is 0.309 e. The Bertz CT molecular complexity index is 1250. The third kappa shape index (κ3) is 4.46. The van der Waals surface area contributed by atoms with E-state index in [0.29, 0.717) is 34.8 Å². The summed E-state index contributed by atoms with van der Waals surface area (Å²) >= 11 is 6.10. The predicted octanol–water partition coefficient (Wildman–Crippen LogP) is 3.74. The third-order valence-electron chi connectivity index (χ3n) is 5.37. The van der Waals surface area contributed by atoms with Crippen molar-refractivity contribution in [1.82, 2.24) is 14.1 Å². The van der Waals surface area contributed by atoms with Crippen LogP contribution in [0.4, 0.5) is 0 Å². The summed E-state index contributed by atoms with van der Waals surface area (Å²) in [6.45, 7) is 4.41. The largest absolute Gasteiger partial charge is 0.491 e. The third-order valence-corrected chi connectivity index (χ3v) is 7.48. The summed E-state index contributed by atoms with van der Waals surface area (Å²) in [5.74, 6) is -0.372. The quantitative estimate of drug-likeness (QED) is 0.556. The minimum Gasteiger partial charge on any atom is -0.491 e. The van der Waals surface area contributed by atoms with Crippen molar-refractivity contribution >= 4 is 38.5 Å². The summed E-state index contributed by atoms with van der Waals surface area (Å²) in [6, 6.07) is 11.4. The van der Waals surface area contributed by atoms with E-state index in [1.165, 1.54) is 4.31 Å². The first kappa shape index (κ1) is 22.6. The number of hydrogen-bond acceptors (Lipinski definition) is 5. The summed E-state index contributed by atoms with van der Waals surface area (Å²) in [4.78, 5) is 11.5. The lowest BCUT2D eigenvalue weighted by atomic mass is 10.1. The van der Waals surface area contributed by atoms with Gasteiger partial charge in [0.1, 0.15) is 5.75 Å². The van der Waals surface area contributed by atoms with Gasteiger partial charge in [-0.2, -0.15) is 9.40 Å². The number of aromatic nitrogens is 2. The van der Waals surface area contributed by atoms with Crippen LogP contribution in [0, 0.1) is 0 Å². The number of carboxylic acid groups (broad SMARTS) is 1. The molecule has 4 rings (SSSR count). The number of hydrogen-bond donors (Lipinski definition) is 1. The Balaban J connectivity index is 1.59. The molecule has 0 spiro atoms. The molecule has 1 saturated heterocycles. The number of aliphatic carboxylic acids is 1. The molecule has 0 radical (unpaired) electrons. The molecule has 32 heavy (non-hydrogen) atoms. The Labute approximate surface area is 191 Å². The highest BCUT2D eigenvalue weighted by Gasteiger charge is 2.34. The molecule has 2 heterocycles. The monoisotopic (exact) mass is 477 g/mol. The number of ether oxygens (including phenoxy) is 1. The fourth-order valence-electron chi connectivity index (χ4n) is 3.97. The van der Waals surface area contributed by atoms with Crippen LogP contribution in [-0.4, -0.2) is 52.8 Å². The summed E-state index contributed by atoms with van der Waals surface area (Å²) in [7, 11) is -3.68. The fourth-order valence-corrected chi connectivity index (χ4v) is 5.63. The molecule has 1 aromatic heterocycles. The lowest BCUT2D eigenvalue weighted by molar-refractivity contribution is -0.136. The highest BCUT2D eigenvalue weighted by atomic mass is 35.5. The predicted molar refractivity (Wildman–Crippen MR) is 121 cm³/mol. The SMILES string of the molecule is CC(C)Oc1ccc(S(=O)(=O)N2CC[C@H](n3nc(CC(=O)O)c4cc(Cl)ccc43)C2)cc1. The number of carboxylic acids is 1. The molecule has 1 N–H and O–H groups in total. The van der Waals surface area contributed by atoms with E-state index in [-0.39, 0.29) is 30.0 Å². The first-order valence-corrected chi connectivity index (χ1v) is 12.1. The Kier molecular flexibility index (Phi) is 6.15. The van der Waals surface area contributed by atoms with E-state index in [1.54, 1.807) is 47.1 Å². The molecule has 1 atom stereocenters. The highest BCUT2D eigenvalue weighted by Crippen LogP contribution is 2.32. The molecular weight excluding hydrogens is 454 g/mol. The molecule has 0 bridgehead atoms. The van der Waals surface area contributed by atoms with Gasteiger partial charge < -0.3 is 9.84 Å². The number of nitrogens with zero attached hydrogens (tertiary/aromatic N) is 3. The second kappa shape index (κ2) is 8.73. The van der Waals surface area contributed by atoms with Crippen molar-refractivity contribution < 1.29 is 23.1 Å². The maximum atomic E-state index is 13.2. The van der Waals surface area contributed by atoms with Crippen molar-refractivity contribution in [2.75, 3.05) is 13.1 Å². The normalized spacial score (nSPS) is 17.3. The van der Waals surface area contributed by atoms with Crippen LogP contribution in [0.15, 0.2) is 47.4 Å². The number of rotatable bonds is 7. The van der Waals surface area contributed by atoms with E-state index in [1.807, 2.05) is 13.8 Å². The topological polar surface area (TPSA) is 102 Å². The zero-order valence-electron chi connectivity index (χ0n) is 17.7. The van der Waals surface area contributed by atoms with Crippen LogP contribution in [0.25, 0.3) is 10.9 Å². The molecule has 8 nitrogen and oxygen atoms in total.